The van der Waals surface area contributed by atoms with Gasteiger partial charge in [-0.05, 0) is 73.6 Å². The van der Waals surface area contributed by atoms with Gasteiger partial charge in [-0.2, -0.15) is 0 Å². The fourth-order valence-electron chi connectivity index (χ4n) is 5.74. The fraction of sp³-hybridized carbons (Fsp3) is 0.367. The summed E-state index contributed by atoms with van der Waals surface area (Å²) in [6.45, 7) is 4.18. The zero-order valence-electron chi connectivity index (χ0n) is 23.1. The van der Waals surface area contributed by atoms with Crippen LogP contribution in [0.2, 0.25) is 0 Å². The van der Waals surface area contributed by atoms with Crippen LogP contribution in [0.3, 0.4) is 0 Å². The summed E-state index contributed by atoms with van der Waals surface area (Å²) in [4.78, 5) is 31.5. The third kappa shape index (κ3) is 5.11. The molecule has 0 saturated heterocycles. The number of amides is 1. The number of carbonyl (C=O) groups is 2. The lowest BCUT2D eigenvalue weighted by atomic mass is 9.79. The maximum absolute atomic E-state index is 13.5. The average Bonchev–Trinajstić information content (AvgIpc) is 3.54. The Morgan fingerprint density at radius 1 is 1.10 bits per heavy atom. The van der Waals surface area contributed by atoms with Crippen molar-refractivity contribution in [3.05, 3.63) is 52.5 Å². The standard InChI is InChI=1S/C30H34N4O5S/c1-16-12-25(39-4)21(15-24(16)38-3)26-27(17(2)18-8-6-5-7-9-18)40-29(32-26)33-28(35)23-14-19-13-20(31)10-11-22(19)34(23)30(36)37/h10-15,17-18H,5-9,31H2,1-4H3,(H,36,37)(H,32,33,35). The van der Waals surface area contributed by atoms with Gasteiger partial charge in [0.05, 0.1) is 25.4 Å². The number of hydrogen-bond acceptors (Lipinski definition) is 7. The third-order valence-electron chi connectivity index (χ3n) is 7.87. The number of ether oxygens (including phenoxy) is 2. The largest absolute Gasteiger partial charge is 0.496 e. The van der Waals surface area contributed by atoms with Crippen LogP contribution in [0.25, 0.3) is 22.2 Å². The number of nitrogens with zero attached hydrogens (tertiary/aromatic N) is 2. The van der Waals surface area contributed by atoms with Gasteiger partial charge in [0, 0.05) is 21.5 Å². The van der Waals surface area contributed by atoms with E-state index in [1.807, 2.05) is 19.1 Å². The first-order chi connectivity index (χ1) is 19.2. The molecule has 1 amide bonds. The second-order valence-electron chi connectivity index (χ2n) is 10.4. The first kappa shape index (κ1) is 27.5. The van der Waals surface area contributed by atoms with Gasteiger partial charge in [-0.1, -0.05) is 26.2 Å². The van der Waals surface area contributed by atoms with E-state index in [0.29, 0.717) is 33.4 Å². The number of aryl methyl sites for hydroxylation is 1. The minimum atomic E-state index is -1.26. The van der Waals surface area contributed by atoms with E-state index in [-0.39, 0.29) is 11.6 Å². The minimum Gasteiger partial charge on any atom is -0.496 e. The Morgan fingerprint density at radius 3 is 2.50 bits per heavy atom. The topological polar surface area (TPSA) is 129 Å². The van der Waals surface area contributed by atoms with Crippen LogP contribution >= 0.6 is 11.3 Å². The lowest BCUT2D eigenvalue weighted by Gasteiger charge is -2.27. The molecular formula is C30H34N4O5S. The van der Waals surface area contributed by atoms with E-state index in [2.05, 4.69) is 12.2 Å². The second-order valence-corrected chi connectivity index (χ2v) is 11.4. The molecule has 0 bridgehead atoms. The van der Waals surface area contributed by atoms with Crippen LogP contribution in [0.4, 0.5) is 15.6 Å². The van der Waals surface area contributed by atoms with Crippen LogP contribution in [0.5, 0.6) is 11.5 Å². The molecule has 1 fully saturated rings. The molecule has 2 heterocycles. The maximum Gasteiger partial charge on any atom is 0.416 e. The first-order valence-electron chi connectivity index (χ1n) is 13.4. The highest BCUT2D eigenvalue weighted by atomic mass is 32.1. The smallest absolute Gasteiger partial charge is 0.416 e. The second kappa shape index (κ2) is 11.2. The van der Waals surface area contributed by atoms with E-state index >= 15 is 0 Å². The van der Waals surface area contributed by atoms with E-state index in [9.17, 15) is 14.7 Å². The number of nitrogen functional groups attached to an aromatic ring is 1. The molecule has 1 saturated carbocycles. The predicted molar refractivity (Wildman–Crippen MR) is 158 cm³/mol. The van der Waals surface area contributed by atoms with Crippen molar-refractivity contribution in [2.24, 2.45) is 5.92 Å². The number of thiazole rings is 1. The van der Waals surface area contributed by atoms with Gasteiger partial charge < -0.3 is 20.3 Å². The summed E-state index contributed by atoms with van der Waals surface area (Å²) >= 11 is 1.42. The van der Waals surface area contributed by atoms with Crippen molar-refractivity contribution < 1.29 is 24.2 Å². The van der Waals surface area contributed by atoms with E-state index in [0.717, 1.165) is 44.9 Å². The minimum absolute atomic E-state index is 0.0127. The molecular weight excluding hydrogens is 528 g/mol. The van der Waals surface area contributed by atoms with E-state index < -0.39 is 12.0 Å². The maximum atomic E-state index is 13.5. The summed E-state index contributed by atoms with van der Waals surface area (Å²) < 4.78 is 12.3. The average molecular weight is 563 g/mol. The van der Waals surface area contributed by atoms with Gasteiger partial charge in [-0.3, -0.25) is 10.1 Å². The van der Waals surface area contributed by atoms with Gasteiger partial charge >= 0.3 is 6.09 Å². The summed E-state index contributed by atoms with van der Waals surface area (Å²) in [6.07, 6.45) is 4.71. The molecule has 210 valence electrons. The number of hydrogen-bond donors (Lipinski definition) is 3. The molecule has 2 aromatic heterocycles. The molecule has 1 unspecified atom stereocenters. The van der Waals surface area contributed by atoms with Crippen molar-refractivity contribution in [1.29, 1.82) is 0 Å². The number of nitrogens with one attached hydrogen (secondary N) is 1. The normalized spacial score (nSPS) is 14.7. The molecule has 4 aromatic rings. The van der Waals surface area contributed by atoms with Crippen LogP contribution in [-0.2, 0) is 0 Å². The van der Waals surface area contributed by atoms with Crippen molar-refractivity contribution in [2.45, 2.75) is 51.9 Å². The molecule has 2 aromatic carbocycles. The summed E-state index contributed by atoms with van der Waals surface area (Å²) in [5.74, 6) is 1.54. The van der Waals surface area contributed by atoms with E-state index in [4.69, 9.17) is 20.2 Å². The molecule has 5 rings (SSSR count). The summed E-state index contributed by atoms with van der Waals surface area (Å²) in [5.41, 5.74) is 9.21. The number of anilines is 2. The number of benzene rings is 2. The molecule has 9 nitrogen and oxygen atoms in total. The van der Waals surface area contributed by atoms with Gasteiger partial charge in [-0.25, -0.2) is 14.3 Å². The molecule has 0 aliphatic heterocycles. The third-order valence-corrected chi connectivity index (χ3v) is 9.04. The van der Waals surface area contributed by atoms with E-state index in [1.54, 1.807) is 32.4 Å². The molecule has 40 heavy (non-hydrogen) atoms. The Hall–Kier alpha value is -4.05. The molecule has 0 radical (unpaired) electrons. The van der Waals surface area contributed by atoms with Crippen LogP contribution in [0, 0.1) is 12.8 Å². The predicted octanol–water partition coefficient (Wildman–Crippen LogP) is 7.13. The Balaban J connectivity index is 1.58. The SMILES string of the molecule is COc1cc(-c2nc(NC(=O)c3cc4cc(N)ccc4n3C(=O)O)sc2C(C)C2CCCCC2)c(OC)cc1C. The van der Waals surface area contributed by atoms with Crippen LogP contribution in [0.1, 0.15) is 65.9 Å². The van der Waals surface area contributed by atoms with Gasteiger partial charge in [-0.15, -0.1) is 11.3 Å². The fourth-order valence-corrected chi connectivity index (χ4v) is 6.86. The molecule has 1 atom stereocenters. The quantitative estimate of drug-likeness (QED) is 0.204. The lowest BCUT2D eigenvalue weighted by molar-refractivity contribution is 0.101. The Morgan fingerprint density at radius 2 is 1.82 bits per heavy atom. The lowest BCUT2D eigenvalue weighted by Crippen LogP contribution is -2.20. The van der Waals surface area contributed by atoms with Crippen LogP contribution in [0.15, 0.2) is 36.4 Å². The van der Waals surface area contributed by atoms with Crippen molar-refractivity contribution in [1.82, 2.24) is 9.55 Å². The first-order valence-corrected chi connectivity index (χ1v) is 14.2. The number of carbonyl (C=O) groups excluding carboxylic acids is 1. The molecule has 1 aliphatic rings. The highest BCUT2D eigenvalue weighted by Crippen LogP contribution is 2.46. The number of methoxy groups -OCH3 is 2. The summed E-state index contributed by atoms with van der Waals surface area (Å²) in [6, 6.07) is 10.2. The molecule has 10 heteroatoms. The number of carboxylic acid groups (broad SMARTS) is 1. The molecule has 0 spiro atoms. The van der Waals surface area contributed by atoms with E-state index in [1.165, 1.54) is 36.7 Å². The molecule has 4 N–H and O–H groups in total. The molecule has 1 aliphatic carbocycles. The number of fused-ring (bicyclic) bond motifs is 1. The monoisotopic (exact) mass is 562 g/mol. The Kier molecular flexibility index (Phi) is 7.71. The zero-order valence-corrected chi connectivity index (χ0v) is 23.9. The van der Waals surface area contributed by atoms with Crippen molar-refractivity contribution >= 4 is 45.1 Å². The Labute approximate surface area is 236 Å². The van der Waals surface area contributed by atoms with Crippen molar-refractivity contribution in [3.8, 4) is 22.8 Å². The highest BCUT2D eigenvalue weighted by Gasteiger charge is 2.29. The van der Waals surface area contributed by atoms with Crippen LogP contribution in [-0.4, -0.2) is 40.9 Å². The number of rotatable bonds is 7. The highest BCUT2D eigenvalue weighted by molar-refractivity contribution is 7.16. The van der Waals surface area contributed by atoms with Gasteiger partial charge in [0.1, 0.15) is 17.2 Å². The number of nitrogens with two attached hydrogens (primary N) is 1. The van der Waals surface area contributed by atoms with Crippen molar-refractivity contribution in [2.75, 3.05) is 25.3 Å². The summed E-state index contributed by atoms with van der Waals surface area (Å²) in [7, 11) is 3.26. The van der Waals surface area contributed by atoms with Gasteiger partial charge in [0.25, 0.3) is 5.91 Å². The Bertz CT molecular complexity index is 1580. The summed E-state index contributed by atoms with van der Waals surface area (Å²) in [5, 5.41) is 13.7. The van der Waals surface area contributed by atoms with Gasteiger partial charge in [0.15, 0.2) is 5.13 Å². The van der Waals surface area contributed by atoms with Crippen LogP contribution < -0.4 is 20.5 Å². The zero-order chi connectivity index (χ0) is 28.6. The van der Waals surface area contributed by atoms with Crippen molar-refractivity contribution in [3.63, 3.8) is 0 Å². The number of aromatic nitrogens is 2. The van der Waals surface area contributed by atoms with Gasteiger partial charge in [0.2, 0.25) is 0 Å².